The lowest BCUT2D eigenvalue weighted by Crippen LogP contribution is -2.30. The highest BCUT2D eigenvalue weighted by Crippen LogP contribution is 2.44. The van der Waals surface area contributed by atoms with Gasteiger partial charge in [0.1, 0.15) is 18.5 Å². The van der Waals surface area contributed by atoms with Crippen LogP contribution in [-0.4, -0.2) is 98.6 Å². The monoisotopic (exact) mass is 926 g/mol. The Kier molecular flexibility index (Phi) is 32.4. The molecule has 1 rings (SSSR count). The van der Waals surface area contributed by atoms with Gasteiger partial charge in [-0.1, -0.05) is 141 Å². The van der Waals surface area contributed by atoms with Crippen LogP contribution in [0.15, 0.2) is 24.3 Å². The number of unbranched alkanes of at least 4 members (excludes halogenated alkanes) is 14. The molecule has 0 saturated heterocycles. The molecule has 0 heterocycles. The summed E-state index contributed by atoms with van der Waals surface area (Å²) in [5.41, 5.74) is 0. The zero-order valence-corrected chi connectivity index (χ0v) is 39.4. The van der Waals surface area contributed by atoms with Crippen LogP contribution in [0.1, 0.15) is 168 Å². The van der Waals surface area contributed by atoms with Gasteiger partial charge in [-0.3, -0.25) is 28.0 Å². The minimum Gasteiger partial charge on any atom is -0.462 e. The average Bonchev–Trinajstić information content (AvgIpc) is 3.47. The number of hydrogen-bond acceptors (Lipinski definition) is 13. The Bertz CT molecular complexity index is 1370. The van der Waals surface area contributed by atoms with E-state index in [4.69, 9.17) is 23.8 Å². The van der Waals surface area contributed by atoms with E-state index >= 15 is 0 Å². The number of phosphoric ester groups is 2. The third-order valence-corrected chi connectivity index (χ3v) is 12.1. The second-order valence-electron chi connectivity index (χ2n) is 16.9. The number of rotatable bonds is 39. The van der Waals surface area contributed by atoms with E-state index in [2.05, 4.69) is 29.8 Å². The quantitative estimate of drug-likeness (QED) is 0.0147. The lowest BCUT2D eigenvalue weighted by molar-refractivity contribution is -0.161. The highest BCUT2D eigenvalue weighted by Gasteiger charge is 2.39. The Hall–Kier alpha value is -1.81. The largest absolute Gasteiger partial charge is 0.472 e. The first-order valence-electron chi connectivity index (χ1n) is 23.0. The summed E-state index contributed by atoms with van der Waals surface area (Å²) >= 11 is 0. The van der Waals surface area contributed by atoms with Crippen LogP contribution in [0, 0.1) is 17.8 Å². The van der Waals surface area contributed by atoms with Crippen molar-refractivity contribution in [1.29, 1.82) is 0 Å². The van der Waals surface area contributed by atoms with Crippen LogP contribution in [0.25, 0.3) is 0 Å². The van der Waals surface area contributed by atoms with Gasteiger partial charge < -0.3 is 39.5 Å². The molecule has 0 aromatic heterocycles. The van der Waals surface area contributed by atoms with Gasteiger partial charge in [-0.05, 0) is 38.0 Å². The first-order chi connectivity index (χ1) is 29.4. The van der Waals surface area contributed by atoms with Crippen molar-refractivity contribution in [1.82, 2.24) is 0 Å². The van der Waals surface area contributed by atoms with Gasteiger partial charge >= 0.3 is 27.6 Å². The molecular formula is C44H80O16P2. The summed E-state index contributed by atoms with van der Waals surface area (Å²) in [6, 6.07) is 0. The van der Waals surface area contributed by atoms with E-state index in [1.54, 1.807) is 12.2 Å². The maximum absolute atomic E-state index is 12.7. The Morgan fingerprint density at radius 1 is 0.726 bits per heavy atom. The molecule has 1 fully saturated rings. The van der Waals surface area contributed by atoms with E-state index in [1.807, 2.05) is 12.2 Å². The zero-order chi connectivity index (χ0) is 46.2. The fourth-order valence-electron chi connectivity index (χ4n) is 7.04. The Morgan fingerprint density at radius 3 is 1.90 bits per heavy atom. The lowest BCUT2D eigenvalue weighted by Gasteiger charge is -2.20. The van der Waals surface area contributed by atoms with Crippen molar-refractivity contribution < 1.29 is 76.6 Å². The summed E-state index contributed by atoms with van der Waals surface area (Å²) in [5.74, 6) is -1.30. The van der Waals surface area contributed by atoms with Crippen LogP contribution in [-0.2, 0) is 46.6 Å². The number of esters is 2. The summed E-state index contributed by atoms with van der Waals surface area (Å²) in [5, 5.41) is 30.5. The molecule has 0 aliphatic heterocycles. The molecule has 362 valence electrons. The van der Waals surface area contributed by atoms with Gasteiger partial charge in [0.25, 0.3) is 0 Å². The van der Waals surface area contributed by atoms with Gasteiger partial charge in [0, 0.05) is 31.1 Å². The van der Waals surface area contributed by atoms with E-state index < -0.39 is 84.3 Å². The van der Waals surface area contributed by atoms with Crippen LogP contribution in [0.2, 0.25) is 0 Å². The topological polar surface area (TPSA) is 253 Å². The van der Waals surface area contributed by atoms with E-state index in [1.165, 1.54) is 51.4 Å². The van der Waals surface area contributed by atoms with Crippen LogP contribution in [0.4, 0.5) is 0 Å². The molecule has 7 atom stereocenters. The van der Waals surface area contributed by atoms with Crippen molar-refractivity contribution >= 4 is 33.4 Å². The normalized spacial score (nSPS) is 19.6. The minimum atomic E-state index is -4.90. The van der Waals surface area contributed by atoms with Crippen molar-refractivity contribution in [2.45, 2.75) is 193 Å². The summed E-state index contributed by atoms with van der Waals surface area (Å²) in [7, 11) is -9.77. The molecule has 0 bridgehead atoms. The number of ketones is 1. The van der Waals surface area contributed by atoms with Gasteiger partial charge in [-0.2, -0.15) is 0 Å². The van der Waals surface area contributed by atoms with Crippen LogP contribution in [0.5, 0.6) is 0 Å². The number of aliphatic hydroxyl groups excluding tert-OH is 3. The van der Waals surface area contributed by atoms with E-state index in [0.29, 0.717) is 32.1 Å². The van der Waals surface area contributed by atoms with Crippen LogP contribution < -0.4 is 0 Å². The van der Waals surface area contributed by atoms with Gasteiger partial charge in [0.2, 0.25) is 0 Å². The summed E-state index contributed by atoms with van der Waals surface area (Å²) in [6.07, 6.45) is 22.6. The molecule has 6 N–H and O–H groups in total. The summed E-state index contributed by atoms with van der Waals surface area (Å²) in [4.78, 5) is 65.5. The number of hydrogen-bond donors (Lipinski definition) is 6. The fraction of sp³-hybridized carbons (Fsp3) is 0.841. The standard InChI is InChI=1S/C44H80O16P2/c1-4-5-18-24-36(45)28-29-40-39(41(47)30-42(40)48)25-20-16-17-21-26-43(49)56-33-38(34-59-62(54,55)58-32-37(46)31-57-61(51,52)53)60-44(50)27-22-15-13-11-9-7-6-8-10-12-14-19-23-35(2)3/h16,20,28-29,35-41,45-47H,4-15,17-19,21-27,30-34H2,1-3H3,(H,54,55)(H2,51,52,53)/b20-16-,29-28+/t36-,37-,38+,39+,40+,41-/m0/s1. The molecule has 18 heteroatoms. The van der Waals surface area contributed by atoms with E-state index in [0.717, 1.165) is 50.9 Å². The zero-order valence-electron chi connectivity index (χ0n) is 37.6. The summed E-state index contributed by atoms with van der Waals surface area (Å²) < 4.78 is 47.8. The molecule has 1 saturated carbocycles. The highest BCUT2D eigenvalue weighted by atomic mass is 31.2. The van der Waals surface area contributed by atoms with Gasteiger partial charge in [0.15, 0.2) is 6.10 Å². The lowest BCUT2D eigenvalue weighted by atomic mass is 9.90. The SMILES string of the molecule is CCCCC[C@H](O)/C=C/[C@H]1C(=O)C[C@H](O)[C@@H]1C/C=C\CCCC(=O)OC[C@H](COP(=O)(O)OC[C@@H](O)COP(=O)(O)O)OC(=O)CCCCCCCCCCCCCCC(C)C. The molecule has 1 aliphatic carbocycles. The number of aliphatic hydroxyl groups is 3. The summed E-state index contributed by atoms with van der Waals surface area (Å²) in [6.45, 7) is 3.67. The molecule has 62 heavy (non-hydrogen) atoms. The molecule has 0 aromatic carbocycles. The van der Waals surface area contributed by atoms with Crippen molar-refractivity contribution in [3.05, 3.63) is 24.3 Å². The fourth-order valence-corrected chi connectivity index (χ4v) is 8.20. The maximum atomic E-state index is 12.7. The Labute approximate surface area is 370 Å². The Balaban J connectivity index is 2.55. The third kappa shape index (κ3) is 31.9. The second-order valence-corrected chi connectivity index (χ2v) is 19.6. The minimum absolute atomic E-state index is 0.00625. The predicted molar refractivity (Wildman–Crippen MR) is 236 cm³/mol. The van der Waals surface area contributed by atoms with Gasteiger partial charge in [-0.15, -0.1) is 0 Å². The van der Waals surface area contributed by atoms with Crippen molar-refractivity contribution in [2.24, 2.45) is 17.8 Å². The predicted octanol–water partition coefficient (Wildman–Crippen LogP) is 8.34. The molecule has 0 amide bonds. The second kappa shape index (κ2) is 34.5. The molecule has 0 spiro atoms. The first kappa shape index (κ1) is 58.2. The average molecular weight is 927 g/mol. The number of Topliss-reactive ketones (excluding diaryl/α,β-unsaturated/α-hetero) is 1. The molecule has 1 aliphatic rings. The number of allylic oxidation sites excluding steroid dienone is 3. The third-order valence-electron chi connectivity index (χ3n) is 10.6. The molecule has 0 aromatic rings. The van der Waals surface area contributed by atoms with Crippen molar-refractivity contribution in [2.75, 3.05) is 26.4 Å². The van der Waals surface area contributed by atoms with Crippen molar-refractivity contribution in [3.63, 3.8) is 0 Å². The highest BCUT2D eigenvalue weighted by molar-refractivity contribution is 7.47. The van der Waals surface area contributed by atoms with Crippen LogP contribution in [0.3, 0.4) is 0 Å². The number of phosphoric acid groups is 2. The smallest absolute Gasteiger partial charge is 0.462 e. The van der Waals surface area contributed by atoms with Crippen LogP contribution >= 0.6 is 15.6 Å². The molecule has 16 nitrogen and oxygen atoms in total. The number of carbonyl (C=O) groups excluding carboxylic acids is 3. The first-order valence-corrected chi connectivity index (χ1v) is 26.0. The van der Waals surface area contributed by atoms with Crippen molar-refractivity contribution in [3.8, 4) is 0 Å². The van der Waals surface area contributed by atoms with Gasteiger partial charge in [0.05, 0.1) is 32.0 Å². The van der Waals surface area contributed by atoms with Gasteiger partial charge in [-0.25, -0.2) is 9.13 Å². The molecule has 1 unspecified atom stereocenters. The Morgan fingerprint density at radius 2 is 1.29 bits per heavy atom. The number of carbonyl (C=O) groups is 3. The maximum Gasteiger partial charge on any atom is 0.472 e. The van der Waals surface area contributed by atoms with E-state index in [9.17, 15) is 43.7 Å². The molecular weight excluding hydrogens is 846 g/mol. The van der Waals surface area contributed by atoms with E-state index in [-0.39, 0.29) is 31.0 Å². The number of ether oxygens (including phenoxy) is 2. The molecule has 0 radical (unpaired) electrons.